The number of alkyl halides is 2. The Hall–Kier alpha value is -0.180. The highest BCUT2D eigenvalue weighted by Crippen LogP contribution is 2.15. The Bertz CT molecular complexity index is 118. The van der Waals surface area contributed by atoms with Crippen LogP contribution in [0.5, 0.6) is 0 Å². The van der Waals surface area contributed by atoms with E-state index in [-0.39, 0.29) is 5.60 Å². The third kappa shape index (κ3) is 6.53. The SMILES string of the molecule is CC(CCOC(C)(C)C)C(F)F. The number of rotatable bonds is 4. The van der Waals surface area contributed by atoms with Crippen LogP contribution in [0.15, 0.2) is 0 Å². The molecule has 1 nitrogen and oxygen atoms in total. The summed E-state index contributed by atoms with van der Waals surface area (Å²) in [4.78, 5) is 0. The fourth-order valence-electron chi connectivity index (χ4n) is 0.677. The quantitative estimate of drug-likeness (QED) is 0.646. The van der Waals surface area contributed by atoms with Crippen molar-refractivity contribution >= 4 is 0 Å². The standard InChI is InChI=1S/C9H18F2O/c1-7(8(10)11)5-6-12-9(2,3)4/h7-8H,5-6H2,1-4H3. The average Bonchev–Trinajstić information content (AvgIpc) is 1.84. The zero-order chi connectivity index (χ0) is 9.78. The van der Waals surface area contributed by atoms with E-state index in [1.165, 1.54) is 6.92 Å². The molecule has 0 aromatic rings. The van der Waals surface area contributed by atoms with Crippen molar-refractivity contribution in [1.29, 1.82) is 0 Å². The molecule has 0 aliphatic rings. The van der Waals surface area contributed by atoms with Crippen LogP contribution in [0.3, 0.4) is 0 Å². The van der Waals surface area contributed by atoms with Gasteiger partial charge in [0.1, 0.15) is 0 Å². The van der Waals surface area contributed by atoms with Crippen LogP contribution in [-0.4, -0.2) is 18.6 Å². The van der Waals surface area contributed by atoms with Gasteiger partial charge in [0.15, 0.2) is 0 Å². The summed E-state index contributed by atoms with van der Waals surface area (Å²) < 4.78 is 29.3. The molecule has 1 atom stereocenters. The van der Waals surface area contributed by atoms with E-state index in [0.717, 1.165) is 0 Å². The van der Waals surface area contributed by atoms with Crippen LogP contribution in [-0.2, 0) is 4.74 Å². The molecule has 0 heterocycles. The van der Waals surface area contributed by atoms with Crippen LogP contribution in [0, 0.1) is 5.92 Å². The first-order chi connectivity index (χ1) is 5.33. The van der Waals surface area contributed by atoms with Gasteiger partial charge >= 0.3 is 0 Å². The van der Waals surface area contributed by atoms with Crippen LogP contribution in [0.2, 0.25) is 0 Å². The molecule has 0 radical (unpaired) electrons. The Morgan fingerprint density at radius 3 is 2.08 bits per heavy atom. The van der Waals surface area contributed by atoms with Gasteiger partial charge in [-0.25, -0.2) is 8.78 Å². The van der Waals surface area contributed by atoms with Gasteiger partial charge in [0.2, 0.25) is 6.43 Å². The van der Waals surface area contributed by atoms with Crippen molar-refractivity contribution in [3.05, 3.63) is 0 Å². The number of hydrogen-bond acceptors (Lipinski definition) is 1. The van der Waals surface area contributed by atoms with Gasteiger partial charge < -0.3 is 4.74 Å². The van der Waals surface area contributed by atoms with E-state index in [9.17, 15) is 8.78 Å². The molecule has 0 N–H and O–H groups in total. The molecule has 3 heteroatoms. The van der Waals surface area contributed by atoms with Gasteiger partial charge in [-0.3, -0.25) is 0 Å². The van der Waals surface area contributed by atoms with Crippen LogP contribution < -0.4 is 0 Å². The minimum atomic E-state index is -2.23. The minimum absolute atomic E-state index is 0.220. The first-order valence-corrected chi connectivity index (χ1v) is 4.25. The summed E-state index contributed by atoms with van der Waals surface area (Å²) in [6.07, 6.45) is -1.80. The highest BCUT2D eigenvalue weighted by molar-refractivity contribution is 4.60. The summed E-state index contributed by atoms with van der Waals surface area (Å²) in [6.45, 7) is 7.70. The van der Waals surface area contributed by atoms with Gasteiger partial charge in [0.05, 0.1) is 5.60 Å². The summed E-state index contributed by atoms with van der Waals surface area (Å²) in [5.74, 6) is -0.563. The zero-order valence-corrected chi connectivity index (χ0v) is 8.23. The van der Waals surface area contributed by atoms with Crippen molar-refractivity contribution in [2.75, 3.05) is 6.61 Å². The Kier molecular flexibility index (Phi) is 4.68. The second kappa shape index (κ2) is 4.75. The van der Waals surface area contributed by atoms with E-state index in [1.54, 1.807) is 0 Å². The second-order valence-electron chi connectivity index (χ2n) is 4.06. The van der Waals surface area contributed by atoms with Crippen LogP contribution in [0.4, 0.5) is 8.78 Å². The minimum Gasteiger partial charge on any atom is -0.376 e. The van der Waals surface area contributed by atoms with Crippen molar-refractivity contribution in [3.8, 4) is 0 Å². The molecule has 0 spiro atoms. The van der Waals surface area contributed by atoms with Crippen molar-refractivity contribution in [3.63, 3.8) is 0 Å². The summed E-state index contributed by atoms with van der Waals surface area (Å²) in [5, 5.41) is 0. The fraction of sp³-hybridized carbons (Fsp3) is 1.00. The van der Waals surface area contributed by atoms with Crippen molar-refractivity contribution in [2.45, 2.75) is 46.1 Å². The monoisotopic (exact) mass is 180 g/mol. The maximum absolute atomic E-state index is 12.0. The van der Waals surface area contributed by atoms with Crippen molar-refractivity contribution in [2.24, 2.45) is 5.92 Å². The first kappa shape index (κ1) is 11.8. The lowest BCUT2D eigenvalue weighted by atomic mass is 10.1. The molecule has 0 fully saturated rings. The van der Waals surface area contributed by atoms with Crippen molar-refractivity contribution < 1.29 is 13.5 Å². The fourth-order valence-corrected chi connectivity index (χ4v) is 0.677. The normalized spacial score (nSPS) is 15.2. The summed E-state index contributed by atoms with van der Waals surface area (Å²) in [5.41, 5.74) is -0.220. The zero-order valence-electron chi connectivity index (χ0n) is 8.23. The van der Waals surface area contributed by atoms with Gasteiger partial charge in [0.25, 0.3) is 0 Å². The van der Waals surface area contributed by atoms with E-state index in [2.05, 4.69) is 0 Å². The highest BCUT2D eigenvalue weighted by atomic mass is 19.3. The predicted octanol–water partition coefficient (Wildman–Crippen LogP) is 3.09. The number of ether oxygens (including phenoxy) is 1. The van der Waals surface area contributed by atoms with Gasteiger partial charge in [-0.15, -0.1) is 0 Å². The van der Waals surface area contributed by atoms with E-state index >= 15 is 0 Å². The molecule has 0 aliphatic carbocycles. The third-order valence-corrected chi connectivity index (χ3v) is 1.54. The summed E-state index contributed by atoms with van der Waals surface area (Å²) in [6, 6.07) is 0. The molecule has 0 aromatic carbocycles. The molecular weight excluding hydrogens is 162 g/mol. The lowest BCUT2D eigenvalue weighted by Gasteiger charge is -2.20. The Morgan fingerprint density at radius 1 is 1.25 bits per heavy atom. The van der Waals surface area contributed by atoms with E-state index in [4.69, 9.17) is 4.74 Å². The molecule has 74 valence electrons. The van der Waals surface area contributed by atoms with E-state index < -0.39 is 12.3 Å². The van der Waals surface area contributed by atoms with Gasteiger partial charge in [-0.1, -0.05) is 6.92 Å². The molecule has 0 aromatic heterocycles. The molecule has 0 amide bonds. The first-order valence-electron chi connectivity index (χ1n) is 4.25. The maximum Gasteiger partial charge on any atom is 0.241 e. The molecule has 0 aliphatic heterocycles. The smallest absolute Gasteiger partial charge is 0.241 e. The molecule has 0 rings (SSSR count). The third-order valence-electron chi connectivity index (χ3n) is 1.54. The Morgan fingerprint density at radius 2 is 1.75 bits per heavy atom. The Labute approximate surface area is 73.1 Å². The Balaban J connectivity index is 3.44. The van der Waals surface area contributed by atoms with Crippen molar-refractivity contribution in [1.82, 2.24) is 0 Å². The molecule has 12 heavy (non-hydrogen) atoms. The predicted molar refractivity (Wildman–Crippen MR) is 45.5 cm³/mol. The molecular formula is C9H18F2O. The second-order valence-corrected chi connectivity index (χ2v) is 4.06. The number of hydrogen-bond donors (Lipinski definition) is 0. The summed E-state index contributed by atoms with van der Waals surface area (Å²) in [7, 11) is 0. The molecule has 0 saturated carbocycles. The topological polar surface area (TPSA) is 9.23 Å². The lowest BCUT2D eigenvalue weighted by molar-refractivity contribution is -0.0211. The summed E-state index contributed by atoms with van der Waals surface area (Å²) >= 11 is 0. The maximum atomic E-state index is 12.0. The highest BCUT2D eigenvalue weighted by Gasteiger charge is 2.16. The number of halogens is 2. The molecule has 0 saturated heterocycles. The van der Waals surface area contributed by atoms with Gasteiger partial charge in [-0.05, 0) is 27.2 Å². The lowest BCUT2D eigenvalue weighted by Crippen LogP contribution is -2.21. The molecule has 0 bridgehead atoms. The van der Waals surface area contributed by atoms with Crippen LogP contribution >= 0.6 is 0 Å². The average molecular weight is 180 g/mol. The molecule has 1 unspecified atom stereocenters. The van der Waals surface area contributed by atoms with E-state index in [0.29, 0.717) is 13.0 Å². The van der Waals surface area contributed by atoms with Crippen LogP contribution in [0.25, 0.3) is 0 Å². The van der Waals surface area contributed by atoms with Gasteiger partial charge in [-0.2, -0.15) is 0 Å². The van der Waals surface area contributed by atoms with E-state index in [1.807, 2.05) is 20.8 Å². The largest absolute Gasteiger partial charge is 0.376 e. The van der Waals surface area contributed by atoms with Crippen LogP contribution in [0.1, 0.15) is 34.1 Å². The van der Waals surface area contributed by atoms with Gasteiger partial charge in [0, 0.05) is 12.5 Å².